The topological polar surface area (TPSA) is 12.0 Å². The van der Waals surface area contributed by atoms with Crippen LogP contribution in [0.1, 0.15) is 18.1 Å². The van der Waals surface area contributed by atoms with Gasteiger partial charge in [-0.1, -0.05) is 47.1 Å². The minimum absolute atomic E-state index is 0.871. The van der Waals surface area contributed by atoms with E-state index in [4.69, 9.17) is 0 Å². The Morgan fingerprint density at radius 2 is 1.83 bits per heavy atom. The maximum atomic E-state index is 3.51. The smallest absolute Gasteiger partial charge is 0.0489 e. The molecule has 0 spiro atoms. The molecule has 0 aliphatic carbocycles. The largest absolute Gasteiger partial charge is 0.380 e. The Morgan fingerprint density at radius 1 is 1.11 bits per heavy atom. The minimum Gasteiger partial charge on any atom is -0.380 e. The molecule has 0 aromatic heterocycles. The molecule has 0 atom stereocenters. The third kappa shape index (κ3) is 3.48. The molecule has 0 aliphatic heterocycles. The highest BCUT2D eigenvalue weighted by molar-refractivity contribution is 14.1. The normalized spacial score (nSPS) is 10.4. The molecular weight excluding hydrogens is 401 g/mol. The Morgan fingerprint density at radius 3 is 2.56 bits per heavy atom. The molecule has 1 nitrogen and oxygen atoms in total. The van der Waals surface area contributed by atoms with Crippen LogP contribution in [-0.4, -0.2) is 0 Å². The molecule has 94 valence electrons. The minimum atomic E-state index is 0.871. The van der Waals surface area contributed by atoms with Gasteiger partial charge >= 0.3 is 0 Å². The van der Waals surface area contributed by atoms with Crippen LogP contribution >= 0.6 is 38.5 Å². The third-order valence-electron chi connectivity index (χ3n) is 2.90. The van der Waals surface area contributed by atoms with Crippen molar-refractivity contribution in [2.45, 2.75) is 19.9 Å². The van der Waals surface area contributed by atoms with Gasteiger partial charge in [-0.05, 0) is 58.3 Å². The molecule has 2 aromatic carbocycles. The summed E-state index contributed by atoms with van der Waals surface area (Å²) in [6.45, 7) is 3.07. The van der Waals surface area contributed by atoms with Gasteiger partial charge in [-0.3, -0.25) is 0 Å². The van der Waals surface area contributed by atoms with Crippen molar-refractivity contribution in [1.29, 1.82) is 0 Å². The van der Waals surface area contributed by atoms with Crippen molar-refractivity contribution in [3.8, 4) is 0 Å². The van der Waals surface area contributed by atoms with Gasteiger partial charge in [-0.2, -0.15) is 0 Å². The number of hydrogen-bond donors (Lipinski definition) is 1. The van der Waals surface area contributed by atoms with Crippen LogP contribution in [0.5, 0.6) is 0 Å². The third-order valence-corrected chi connectivity index (χ3v) is 4.33. The van der Waals surface area contributed by atoms with Gasteiger partial charge in [0, 0.05) is 20.3 Å². The van der Waals surface area contributed by atoms with Crippen LogP contribution < -0.4 is 5.32 Å². The number of hydrogen-bond acceptors (Lipinski definition) is 1. The standard InChI is InChI=1S/C15H15BrIN/c1-2-11-5-3-4-6-12(11)10-18-15-9-13(16)7-8-14(15)17/h3-9,18H,2,10H2,1H3. The highest BCUT2D eigenvalue weighted by atomic mass is 127. The summed E-state index contributed by atoms with van der Waals surface area (Å²) in [5.74, 6) is 0. The molecule has 3 heteroatoms. The van der Waals surface area contributed by atoms with Crippen molar-refractivity contribution >= 4 is 44.2 Å². The van der Waals surface area contributed by atoms with Crippen molar-refractivity contribution in [3.63, 3.8) is 0 Å². The average Bonchev–Trinajstić information content (AvgIpc) is 2.40. The average molecular weight is 416 g/mol. The van der Waals surface area contributed by atoms with Crippen LogP contribution in [0.15, 0.2) is 46.9 Å². The van der Waals surface area contributed by atoms with Crippen LogP contribution in [0, 0.1) is 3.57 Å². The van der Waals surface area contributed by atoms with Crippen LogP contribution in [0.25, 0.3) is 0 Å². The van der Waals surface area contributed by atoms with E-state index in [9.17, 15) is 0 Å². The maximum Gasteiger partial charge on any atom is 0.0489 e. The Labute approximate surface area is 130 Å². The first-order chi connectivity index (χ1) is 8.70. The van der Waals surface area contributed by atoms with Crippen LogP contribution in [0.2, 0.25) is 0 Å². The van der Waals surface area contributed by atoms with E-state index in [1.54, 1.807) is 0 Å². The molecule has 2 aromatic rings. The van der Waals surface area contributed by atoms with E-state index in [1.807, 2.05) is 0 Å². The molecule has 0 heterocycles. The van der Waals surface area contributed by atoms with Gasteiger partial charge in [0.15, 0.2) is 0 Å². The van der Waals surface area contributed by atoms with Crippen molar-refractivity contribution < 1.29 is 0 Å². The number of anilines is 1. The van der Waals surface area contributed by atoms with Gasteiger partial charge in [-0.15, -0.1) is 0 Å². The fraction of sp³-hybridized carbons (Fsp3) is 0.200. The van der Waals surface area contributed by atoms with Crippen molar-refractivity contribution in [2.75, 3.05) is 5.32 Å². The number of nitrogens with one attached hydrogen (secondary N) is 1. The molecule has 0 saturated carbocycles. The number of benzene rings is 2. The predicted molar refractivity (Wildman–Crippen MR) is 90.0 cm³/mol. The highest BCUT2D eigenvalue weighted by Crippen LogP contribution is 2.23. The summed E-state index contributed by atoms with van der Waals surface area (Å²) >= 11 is 5.86. The molecule has 2 rings (SSSR count). The number of halogens is 2. The lowest BCUT2D eigenvalue weighted by molar-refractivity contribution is 1.04. The maximum absolute atomic E-state index is 3.51. The van der Waals surface area contributed by atoms with E-state index < -0.39 is 0 Å². The van der Waals surface area contributed by atoms with E-state index in [-0.39, 0.29) is 0 Å². The van der Waals surface area contributed by atoms with E-state index in [2.05, 4.69) is 93.2 Å². The van der Waals surface area contributed by atoms with E-state index in [0.29, 0.717) is 0 Å². The molecule has 0 radical (unpaired) electrons. The first-order valence-electron chi connectivity index (χ1n) is 5.96. The van der Waals surface area contributed by atoms with Gasteiger partial charge in [0.25, 0.3) is 0 Å². The van der Waals surface area contributed by atoms with Crippen molar-refractivity contribution in [2.24, 2.45) is 0 Å². The molecule has 0 fully saturated rings. The van der Waals surface area contributed by atoms with Crippen molar-refractivity contribution in [3.05, 3.63) is 61.6 Å². The molecule has 0 bridgehead atoms. The molecule has 0 amide bonds. The molecule has 0 aliphatic rings. The molecule has 0 unspecified atom stereocenters. The van der Waals surface area contributed by atoms with Crippen LogP contribution in [0.3, 0.4) is 0 Å². The van der Waals surface area contributed by atoms with Gasteiger partial charge in [0.05, 0.1) is 0 Å². The zero-order valence-corrected chi connectivity index (χ0v) is 14.0. The summed E-state index contributed by atoms with van der Waals surface area (Å²) in [4.78, 5) is 0. The van der Waals surface area contributed by atoms with Gasteiger partial charge < -0.3 is 5.32 Å². The van der Waals surface area contributed by atoms with Gasteiger partial charge in [-0.25, -0.2) is 0 Å². The second-order valence-electron chi connectivity index (χ2n) is 4.10. The quantitative estimate of drug-likeness (QED) is 0.674. The molecule has 0 saturated heterocycles. The van der Waals surface area contributed by atoms with Crippen LogP contribution in [0.4, 0.5) is 5.69 Å². The summed E-state index contributed by atoms with van der Waals surface area (Å²) in [6.07, 6.45) is 1.08. The summed E-state index contributed by atoms with van der Waals surface area (Å²) in [6, 6.07) is 14.9. The Bertz CT molecular complexity index is 540. The fourth-order valence-corrected chi connectivity index (χ4v) is 2.79. The second kappa shape index (κ2) is 6.57. The zero-order chi connectivity index (χ0) is 13.0. The monoisotopic (exact) mass is 415 g/mol. The highest BCUT2D eigenvalue weighted by Gasteiger charge is 2.02. The van der Waals surface area contributed by atoms with Crippen LogP contribution in [-0.2, 0) is 13.0 Å². The second-order valence-corrected chi connectivity index (χ2v) is 6.18. The Kier molecular flexibility index (Phi) is 5.06. The summed E-state index contributed by atoms with van der Waals surface area (Å²) in [7, 11) is 0. The first-order valence-corrected chi connectivity index (χ1v) is 7.83. The van der Waals surface area contributed by atoms with E-state index >= 15 is 0 Å². The van der Waals surface area contributed by atoms with E-state index in [1.165, 1.54) is 20.4 Å². The fourth-order valence-electron chi connectivity index (χ4n) is 1.90. The van der Waals surface area contributed by atoms with Gasteiger partial charge in [0.2, 0.25) is 0 Å². The molecule has 18 heavy (non-hydrogen) atoms. The summed E-state index contributed by atoms with van der Waals surface area (Å²) in [5.41, 5.74) is 3.96. The van der Waals surface area contributed by atoms with Gasteiger partial charge in [0.1, 0.15) is 0 Å². The molecular formula is C15H15BrIN. The lowest BCUT2D eigenvalue weighted by Crippen LogP contribution is -2.03. The first kappa shape index (κ1) is 13.9. The predicted octanol–water partition coefficient (Wildman–Crippen LogP) is 5.23. The zero-order valence-electron chi connectivity index (χ0n) is 10.2. The SMILES string of the molecule is CCc1ccccc1CNc1cc(Br)ccc1I. The molecule has 1 N–H and O–H groups in total. The summed E-state index contributed by atoms with van der Waals surface area (Å²) in [5, 5.41) is 3.51. The number of aryl methyl sites for hydroxylation is 1. The van der Waals surface area contributed by atoms with Crippen molar-refractivity contribution in [1.82, 2.24) is 0 Å². The number of rotatable bonds is 4. The lowest BCUT2D eigenvalue weighted by Gasteiger charge is -2.12. The van der Waals surface area contributed by atoms with E-state index in [0.717, 1.165) is 17.4 Å². The Hall–Kier alpha value is -0.550. The summed E-state index contributed by atoms with van der Waals surface area (Å²) < 4.78 is 2.35. The lowest BCUT2D eigenvalue weighted by atomic mass is 10.1. The Balaban J connectivity index is 2.14.